The minimum atomic E-state index is -0.957. The number of rotatable bonds is 7. The Morgan fingerprint density at radius 1 is 1.04 bits per heavy atom. The summed E-state index contributed by atoms with van der Waals surface area (Å²) < 4.78 is 10.3. The van der Waals surface area contributed by atoms with Gasteiger partial charge in [0.05, 0.1) is 18.7 Å². The lowest BCUT2D eigenvalue weighted by atomic mass is 10.1. The van der Waals surface area contributed by atoms with Gasteiger partial charge in [-0.2, -0.15) is 5.26 Å². The molecule has 0 heterocycles. The fourth-order valence-electron chi connectivity index (χ4n) is 2.24. The molecular weight excluding hydrogens is 348 g/mol. The van der Waals surface area contributed by atoms with E-state index in [4.69, 9.17) is 14.7 Å². The normalized spacial score (nSPS) is 11.0. The first-order valence-corrected chi connectivity index (χ1v) is 8.10. The first-order chi connectivity index (χ1) is 12.9. The van der Waals surface area contributed by atoms with E-state index in [1.807, 2.05) is 0 Å². The highest BCUT2D eigenvalue weighted by Gasteiger charge is 2.20. The van der Waals surface area contributed by atoms with Crippen molar-refractivity contribution >= 4 is 23.3 Å². The van der Waals surface area contributed by atoms with E-state index < -0.39 is 18.0 Å². The number of Topliss-reactive ketones (excluding diaryl/α,β-unsaturated/α-hetero) is 1. The molecule has 0 saturated carbocycles. The van der Waals surface area contributed by atoms with Crippen molar-refractivity contribution in [3.8, 4) is 11.8 Å². The molecule has 2 aromatic carbocycles. The fourth-order valence-corrected chi connectivity index (χ4v) is 2.24. The highest BCUT2D eigenvalue weighted by atomic mass is 16.5. The second-order valence-corrected chi connectivity index (χ2v) is 5.60. The van der Waals surface area contributed by atoms with Crippen LogP contribution in [-0.2, 0) is 9.53 Å². The van der Waals surface area contributed by atoms with Crippen molar-refractivity contribution in [2.75, 3.05) is 12.4 Å². The van der Waals surface area contributed by atoms with E-state index in [0.29, 0.717) is 17.0 Å². The molecule has 0 aliphatic carbocycles. The number of ketones is 1. The molecule has 0 saturated heterocycles. The molecule has 1 amide bonds. The molecule has 0 fully saturated rings. The van der Waals surface area contributed by atoms with E-state index in [2.05, 4.69) is 5.32 Å². The SMILES string of the molecule is COc1ccc(C(=O)[C@@H](C)OC(=O)c2ccc(NC(=O)CC#N)cc2)cc1. The van der Waals surface area contributed by atoms with Crippen LogP contribution in [0.15, 0.2) is 48.5 Å². The molecule has 7 heteroatoms. The van der Waals surface area contributed by atoms with Gasteiger partial charge in [0.15, 0.2) is 6.10 Å². The van der Waals surface area contributed by atoms with Crippen LogP contribution < -0.4 is 10.1 Å². The number of ether oxygens (including phenoxy) is 2. The van der Waals surface area contributed by atoms with Crippen molar-refractivity contribution in [1.29, 1.82) is 5.26 Å². The summed E-state index contributed by atoms with van der Waals surface area (Å²) in [6.07, 6.45) is -1.21. The third-order valence-corrected chi connectivity index (χ3v) is 3.67. The Balaban J connectivity index is 1.97. The molecule has 0 aliphatic heterocycles. The Kier molecular flexibility index (Phi) is 6.67. The van der Waals surface area contributed by atoms with Crippen molar-refractivity contribution in [3.05, 3.63) is 59.7 Å². The number of nitrogens with one attached hydrogen (secondary N) is 1. The molecule has 138 valence electrons. The van der Waals surface area contributed by atoms with Crippen LogP contribution in [0.5, 0.6) is 5.75 Å². The van der Waals surface area contributed by atoms with Crippen LogP contribution in [0.1, 0.15) is 34.1 Å². The predicted octanol–water partition coefficient (Wildman–Crippen LogP) is 2.98. The number of hydrogen-bond donors (Lipinski definition) is 1. The van der Waals surface area contributed by atoms with E-state index in [9.17, 15) is 14.4 Å². The maximum Gasteiger partial charge on any atom is 0.338 e. The minimum absolute atomic E-state index is 0.239. The van der Waals surface area contributed by atoms with E-state index in [0.717, 1.165) is 0 Å². The largest absolute Gasteiger partial charge is 0.497 e. The van der Waals surface area contributed by atoms with E-state index >= 15 is 0 Å². The van der Waals surface area contributed by atoms with Crippen molar-refractivity contribution in [2.45, 2.75) is 19.4 Å². The Morgan fingerprint density at radius 3 is 2.19 bits per heavy atom. The molecule has 0 unspecified atom stereocenters. The van der Waals surface area contributed by atoms with Gasteiger partial charge in [-0.3, -0.25) is 9.59 Å². The first-order valence-electron chi connectivity index (χ1n) is 8.10. The zero-order chi connectivity index (χ0) is 19.8. The average Bonchev–Trinajstić information content (AvgIpc) is 2.68. The molecule has 0 bridgehead atoms. The third-order valence-electron chi connectivity index (χ3n) is 3.67. The summed E-state index contributed by atoms with van der Waals surface area (Å²) in [5.41, 5.74) is 1.10. The van der Waals surface area contributed by atoms with Gasteiger partial charge in [-0.25, -0.2) is 4.79 Å². The van der Waals surface area contributed by atoms with Crippen molar-refractivity contribution in [3.63, 3.8) is 0 Å². The van der Waals surface area contributed by atoms with Crippen molar-refractivity contribution < 1.29 is 23.9 Å². The van der Waals surface area contributed by atoms with Gasteiger partial charge in [0.25, 0.3) is 0 Å². The molecule has 1 N–H and O–H groups in total. The van der Waals surface area contributed by atoms with E-state index in [1.165, 1.54) is 38.3 Å². The van der Waals surface area contributed by atoms with Crippen molar-refractivity contribution in [1.82, 2.24) is 0 Å². The summed E-state index contributed by atoms with van der Waals surface area (Å²) in [5, 5.41) is 11.0. The average molecular weight is 366 g/mol. The molecule has 2 rings (SSSR count). The number of nitriles is 1. The van der Waals surface area contributed by atoms with E-state index in [-0.39, 0.29) is 17.8 Å². The Morgan fingerprint density at radius 2 is 1.63 bits per heavy atom. The van der Waals surface area contributed by atoms with Gasteiger partial charge in [-0.05, 0) is 55.5 Å². The number of amides is 1. The Hall–Kier alpha value is -3.66. The second-order valence-electron chi connectivity index (χ2n) is 5.60. The van der Waals surface area contributed by atoms with Crippen LogP contribution in [0.3, 0.4) is 0 Å². The van der Waals surface area contributed by atoms with Gasteiger partial charge >= 0.3 is 5.97 Å². The topological polar surface area (TPSA) is 105 Å². The third kappa shape index (κ3) is 5.41. The molecule has 27 heavy (non-hydrogen) atoms. The molecule has 2 aromatic rings. The summed E-state index contributed by atoms with van der Waals surface area (Å²) >= 11 is 0. The summed E-state index contributed by atoms with van der Waals surface area (Å²) in [6, 6.07) is 14.2. The smallest absolute Gasteiger partial charge is 0.338 e. The van der Waals surface area contributed by atoms with Gasteiger partial charge in [0.1, 0.15) is 12.2 Å². The van der Waals surface area contributed by atoms with Gasteiger partial charge in [-0.1, -0.05) is 0 Å². The Labute approximate surface area is 156 Å². The van der Waals surface area contributed by atoms with E-state index in [1.54, 1.807) is 30.3 Å². The number of anilines is 1. The molecule has 0 aliphatic rings. The van der Waals surface area contributed by atoms with Crippen LogP contribution in [-0.4, -0.2) is 30.9 Å². The van der Waals surface area contributed by atoms with Gasteiger partial charge in [0.2, 0.25) is 11.7 Å². The predicted molar refractivity (Wildman–Crippen MR) is 97.5 cm³/mol. The lowest BCUT2D eigenvalue weighted by molar-refractivity contribution is -0.115. The first kappa shape index (κ1) is 19.7. The summed E-state index contributed by atoms with van der Waals surface area (Å²) in [7, 11) is 1.53. The van der Waals surface area contributed by atoms with Gasteiger partial charge in [-0.15, -0.1) is 0 Å². The van der Waals surface area contributed by atoms with Crippen LogP contribution in [0.25, 0.3) is 0 Å². The maximum atomic E-state index is 12.4. The van der Waals surface area contributed by atoms with Gasteiger partial charge in [0, 0.05) is 11.3 Å². The second kappa shape index (κ2) is 9.15. The van der Waals surface area contributed by atoms with Crippen molar-refractivity contribution in [2.24, 2.45) is 0 Å². The summed E-state index contributed by atoms with van der Waals surface area (Å²) in [5.74, 6) is -0.796. The monoisotopic (exact) mass is 366 g/mol. The Bertz CT molecular complexity index is 867. The molecule has 1 atom stereocenters. The summed E-state index contributed by atoms with van der Waals surface area (Å²) in [6.45, 7) is 1.50. The maximum absolute atomic E-state index is 12.4. The number of hydrogen-bond acceptors (Lipinski definition) is 6. The zero-order valence-corrected chi connectivity index (χ0v) is 14.9. The molecular formula is C20H18N2O5. The fraction of sp³-hybridized carbons (Fsp3) is 0.200. The van der Waals surface area contributed by atoms with Crippen LogP contribution in [0.2, 0.25) is 0 Å². The number of nitrogens with zero attached hydrogens (tertiary/aromatic N) is 1. The molecule has 7 nitrogen and oxygen atoms in total. The van der Waals surface area contributed by atoms with Crippen LogP contribution >= 0.6 is 0 Å². The zero-order valence-electron chi connectivity index (χ0n) is 14.9. The molecule has 0 aromatic heterocycles. The van der Waals surface area contributed by atoms with Crippen LogP contribution in [0.4, 0.5) is 5.69 Å². The molecule has 0 spiro atoms. The standard InChI is InChI=1S/C20H18N2O5/c1-13(19(24)14-5-9-17(26-2)10-6-14)27-20(25)15-3-7-16(8-4-15)22-18(23)11-12-21/h3-10,13H,11H2,1-2H3,(H,22,23)/t13-/m1/s1. The van der Waals surface area contributed by atoms with Gasteiger partial charge < -0.3 is 14.8 Å². The number of benzene rings is 2. The summed E-state index contributed by atoms with van der Waals surface area (Å²) in [4.78, 5) is 35.9. The quantitative estimate of drug-likeness (QED) is 0.596. The highest BCUT2D eigenvalue weighted by Crippen LogP contribution is 2.16. The number of methoxy groups -OCH3 is 1. The lowest BCUT2D eigenvalue weighted by Gasteiger charge is -2.13. The lowest BCUT2D eigenvalue weighted by Crippen LogP contribution is -2.24. The molecule has 0 radical (unpaired) electrons. The number of esters is 1. The number of carbonyl (C=O) groups excluding carboxylic acids is 3. The highest BCUT2D eigenvalue weighted by molar-refractivity contribution is 6.01. The van der Waals surface area contributed by atoms with Crippen LogP contribution in [0, 0.1) is 11.3 Å². The minimum Gasteiger partial charge on any atom is -0.497 e. The number of carbonyl (C=O) groups is 3.